The molecule has 0 aliphatic heterocycles. The van der Waals surface area contributed by atoms with Crippen LogP contribution in [0.2, 0.25) is 10.0 Å². The molecule has 0 aromatic heterocycles. The fourth-order valence-corrected chi connectivity index (χ4v) is 4.05. The summed E-state index contributed by atoms with van der Waals surface area (Å²) in [5, 5.41) is 12.2. The number of nitrogens with one attached hydrogen (secondary N) is 2. The molecule has 2 aromatic rings. The molecule has 0 aliphatic carbocycles. The van der Waals surface area contributed by atoms with Crippen LogP contribution in [0.4, 0.5) is 5.69 Å². The van der Waals surface area contributed by atoms with Gasteiger partial charge in [-0.2, -0.15) is 0 Å². The highest BCUT2D eigenvalue weighted by molar-refractivity contribution is 7.92. The van der Waals surface area contributed by atoms with E-state index in [1.54, 1.807) is 38.1 Å². The van der Waals surface area contributed by atoms with Crippen molar-refractivity contribution in [3.63, 3.8) is 0 Å². The summed E-state index contributed by atoms with van der Waals surface area (Å²) < 4.78 is 27.4. The van der Waals surface area contributed by atoms with Gasteiger partial charge in [-0.15, -0.1) is 0 Å². The van der Waals surface area contributed by atoms with Gasteiger partial charge in [-0.3, -0.25) is 9.52 Å². The van der Waals surface area contributed by atoms with Crippen molar-refractivity contribution in [3.05, 3.63) is 58.1 Å². The van der Waals surface area contributed by atoms with E-state index in [1.807, 2.05) is 0 Å². The molecule has 0 radical (unpaired) electrons. The summed E-state index contributed by atoms with van der Waals surface area (Å²) in [6.07, 6.45) is 0.108. The molecule has 2 aromatic carbocycles. The Kier molecular flexibility index (Phi) is 6.75. The maximum Gasteiger partial charge on any atom is 0.263 e. The molecule has 1 amide bonds. The molecule has 9 heteroatoms. The van der Waals surface area contributed by atoms with Crippen molar-refractivity contribution in [3.8, 4) is 0 Å². The molecule has 0 fully saturated rings. The topological polar surface area (TPSA) is 95.5 Å². The van der Waals surface area contributed by atoms with Crippen LogP contribution in [-0.4, -0.2) is 31.6 Å². The van der Waals surface area contributed by atoms with E-state index >= 15 is 0 Å². The molecule has 0 spiro atoms. The first-order valence-electron chi connectivity index (χ1n) is 8.01. The van der Waals surface area contributed by atoms with Gasteiger partial charge in [-0.25, -0.2) is 8.42 Å². The van der Waals surface area contributed by atoms with Crippen molar-refractivity contribution in [2.24, 2.45) is 0 Å². The number of aliphatic hydroxyl groups is 1. The summed E-state index contributed by atoms with van der Waals surface area (Å²) in [5.41, 5.74) is 0.318. The van der Waals surface area contributed by atoms with Crippen LogP contribution in [0.5, 0.6) is 0 Å². The Bertz CT molecular complexity index is 929. The average Bonchev–Trinajstić information content (AvgIpc) is 2.58. The maximum atomic E-state index is 12.5. The minimum atomic E-state index is -3.90. The molecule has 0 unspecified atom stereocenters. The number of hydrogen-bond donors (Lipinski definition) is 3. The van der Waals surface area contributed by atoms with Crippen LogP contribution in [0.3, 0.4) is 0 Å². The van der Waals surface area contributed by atoms with Gasteiger partial charge in [-0.1, -0.05) is 35.3 Å². The molecular formula is C18H20Cl2N2O4S. The summed E-state index contributed by atoms with van der Waals surface area (Å²) in [4.78, 5) is 11.9. The summed E-state index contributed by atoms with van der Waals surface area (Å²) in [7, 11) is -3.90. The number of rotatable bonds is 7. The van der Waals surface area contributed by atoms with Crippen LogP contribution in [0.25, 0.3) is 0 Å². The Hall–Kier alpha value is -1.80. The van der Waals surface area contributed by atoms with Gasteiger partial charge < -0.3 is 10.4 Å². The number of amides is 1. The van der Waals surface area contributed by atoms with Gasteiger partial charge in [-0.05, 0) is 49.7 Å². The molecule has 6 nitrogen and oxygen atoms in total. The van der Waals surface area contributed by atoms with E-state index < -0.39 is 15.6 Å². The lowest BCUT2D eigenvalue weighted by Gasteiger charge is -2.23. The van der Waals surface area contributed by atoms with Gasteiger partial charge >= 0.3 is 0 Å². The smallest absolute Gasteiger partial charge is 0.263 e. The second-order valence-corrected chi connectivity index (χ2v) is 9.14. The van der Waals surface area contributed by atoms with Crippen molar-refractivity contribution in [1.82, 2.24) is 5.32 Å². The summed E-state index contributed by atoms with van der Waals surface area (Å²) in [6.45, 7) is 3.25. The highest BCUT2D eigenvalue weighted by Gasteiger charge is 2.20. The monoisotopic (exact) mass is 430 g/mol. The number of hydrogen-bond acceptors (Lipinski definition) is 4. The van der Waals surface area contributed by atoms with Crippen LogP contribution in [-0.2, 0) is 21.2 Å². The van der Waals surface area contributed by atoms with E-state index in [0.717, 1.165) is 0 Å². The fourth-order valence-electron chi connectivity index (χ4n) is 2.23. The molecule has 146 valence electrons. The first kappa shape index (κ1) is 21.5. The van der Waals surface area contributed by atoms with Gasteiger partial charge in [0, 0.05) is 10.7 Å². The number of halogens is 2. The normalized spacial score (nSPS) is 11.9. The number of carbonyl (C=O) groups is 1. The molecule has 0 saturated heterocycles. The average molecular weight is 431 g/mol. The molecule has 0 bridgehead atoms. The van der Waals surface area contributed by atoms with Crippen molar-refractivity contribution in [1.29, 1.82) is 0 Å². The number of anilines is 1. The van der Waals surface area contributed by atoms with Crippen LogP contribution < -0.4 is 10.0 Å². The van der Waals surface area contributed by atoms with Crippen molar-refractivity contribution in [2.45, 2.75) is 30.7 Å². The van der Waals surface area contributed by atoms with Gasteiger partial charge in [0.25, 0.3) is 10.0 Å². The van der Waals surface area contributed by atoms with Crippen molar-refractivity contribution in [2.75, 3.05) is 11.3 Å². The molecule has 3 N–H and O–H groups in total. The second kappa shape index (κ2) is 8.48. The highest BCUT2D eigenvalue weighted by Crippen LogP contribution is 2.27. The Morgan fingerprint density at radius 3 is 2.33 bits per heavy atom. The Labute approximate surface area is 168 Å². The Morgan fingerprint density at radius 2 is 1.74 bits per heavy atom. The molecular weight excluding hydrogens is 411 g/mol. The third-order valence-corrected chi connectivity index (χ3v) is 5.72. The molecule has 0 heterocycles. The lowest BCUT2D eigenvalue weighted by Crippen LogP contribution is -2.46. The lowest BCUT2D eigenvalue weighted by molar-refractivity contribution is -0.122. The van der Waals surface area contributed by atoms with E-state index in [2.05, 4.69) is 10.0 Å². The number of sulfonamides is 1. The van der Waals surface area contributed by atoms with Gasteiger partial charge in [0.2, 0.25) is 5.91 Å². The maximum absolute atomic E-state index is 12.5. The summed E-state index contributed by atoms with van der Waals surface area (Å²) in [5.74, 6) is -0.243. The van der Waals surface area contributed by atoms with E-state index in [-0.39, 0.29) is 33.9 Å². The van der Waals surface area contributed by atoms with E-state index in [0.29, 0.717) is 11.3 Å². The van der Waals surface area contributed by atoms with Crippen LogP contribution in [0, 0.1) is 0 Å². The highest BCUT2D eigenvalue weighted by atomic mass is 35.5. The molecule has 27 heavy (non-hydrogen) atoms. The van der Waals surface area contributed by atoms with Crippen LogP contribution in [0.15, 0.2) is 47.4 Å². The predicted octanol–water partition coefficient (Wildman–Crippen LogP) is 3.22. The third-order valence-electron chi connectivity index (χ3n) is 3.63. The predicted molar refractivity (Wildman–Crippen MR) is 107 cm³/mol. The van der Waals surface area contributed by atoms with Crippen molar-refractivity contribution >= 4 is 44.8 Å². The molecule has 0 atom stereocenters. The lowest BCUT2D eigenvalue weighted by atomic mass is 10.1. The first-order chi connectivity index (χ1) is 12.5. The molecule has 0 aliphatic rings. The van der Waals surface area contributed by atoms with Gasteiger partial charge in [0.1, 0.15) is 4.90 Å². The second-order valence-electron chi connectivity index (χ2n) is 6.64. The molecule has 2 rings (SSSR count). The quantitative estimate of drug-likeness (QED) is 0.628. The molecule has 0 saturated carbocycles. The minimum absolute atomic E-state index is 0.0617. The zero-order valence-electron chi connectivity index (χ0n) is 14.8. The minimum Gasteiger partial charge on any atom is -0.394 e. The van der Waals surface area contributed by atoms with E-state index in [9.17, 15) is 18.3 Å². The Morgan fingerprint density at radius 1 is 1.11 bits per heavy atom. The number of benzene rings is 2. The van der Waals surface area contributed by atoms with Gasteiger partial charge in [0.05, 0.1) is 23.6 Å². The van der Waals surface area contributed by atoms with E-state index in [4.69, 9.17) is 23.2 Å². The van der Waals surface area contributed by atoms with Gasteiger partial charge in [0.15, 0.2) is 0 Å². The van der Waals surface area contributed by atoms with Crippen LogP contribution in [0.1, 0.15) is 19.4 Å². The van der Waals surface area contributed by atoms with Crippen molar-refractivity contribution < 1.29 is 18.3 Å². The number of carbonyl (C=O) groups excluding carboxylic acids is 1. The Balaban J connectivity index is 2.09. The zero-order chi connectivity index (χ0) is 20.2. The fraction of sp³-hybridized carbons (Fsp3) is 0.278. The third kappa shape index (κ3) is 6.10. The summed E-state index contributed by atoms with van der Waals surface area (Å²) >= 11 is 11.8. The number of aliphatic hydroxyl groups excluding tert-OH is 1. The summed E-state index contributed by atoms with van der Waals surface area (Å²) in [6, 6.07) is 10.6. The SMILES string of the molecule is CC(C)(CO)NC(=O)Cc1ccc(NS(=O)(=O)c2cc(Cl)ccc2Cl)cc1. The largest absolute Gasteiger partial charge is 0.394 e. The van der Waals surface area contributed by atoms with E-state index in [1.165, 1.54) is 18.2 Å². The van der Waals surface area contributed by atoms with Crippen LogP contribution >= 0.6 is 23.2 Å². The standard InChI is InChI=1S/C18H20Cl2N2O4S/c1-18(2,11-23)21-17(24)9-12-3-6-14(7-4-12)22-27(25,26)16-10-13(19)5-8-15(16)20/h3-8,10,22-23H,9,11H2,1-2H3,(H,21,24). The zero-order valence-corrected chi connectivity index (χ0v) is 17.1. The first-order valence-corrected chi connectivity index (χ1v) is 10.2.